The predicted molar refractivity (Wildman–Crippen MR) is 83.2 cm³/mol. The van der Waals surface area contributed by atoms with Crippen molar-refractivity contribution >= 4 is 10.2 Å². The fourth-order valence-corrected chi connectivity index (χ4v) is 4.02. The van der Waals surface area contributed by atoms with Crippen LogP contribution >= 0.6 is 0 Å². The Kier molecular flexibility index (Phi) is 6.07. The van der Waals surface area contributed by atoms with Gasteiger partial charge in [-0.15, -0.1) is 0 Å². The molecule has 1 aliphatic heterocycles. The lowest BCUT2D eigenvalue weighted by Gasteiger charge is -2.31. The van der Waals surface area contributed by atoms with Gasteiger partial charge in [-0.1, -0.05) is 6.07 Å². The first kappa shape index (κ1) is 18.3. The van der Waals surface area contributed by atoms with Crippen LogP contribution in [0.3, 0.4) is 0 Å². The summed E-state index contributed by atoms with van der Waals surface area (Å²) in [5.74, 6) is -1.34. The van der Waals surface area contributed by atoms with E-state index in [9.17, 15) is 17.2 Å². The number of benzene rings is 1. The highest BCUT2D eigenvalue weighted by atomic mass is 32.2. The maximum absolute atomic E-state index is 13.7. The molecule has 0 bridgehead atoms. The molecule has 1 aromatic carbocycles. The topological polar surface area (TPSA) is 58.6 Å². The van der Waals surface area contributed by atoms with Gasteiger partial charge in [-0.3, -0.25) is 0 Å². The highest BCUT2D eigenvalue weighted by Gasteiger charge is 2.29. The van der Waals surface area contributed by atoms with Crippen LogP contribution in [-0.2, 0) is 21.4 Å². The van der Waals surface area contributed by atoms with E-state index in [1.807, 2.05) is 0 Å². The van der Waals surface area contributed by atoms with Crippen molar-refractivity contribution in [2.24, 2.45) is 0 Å². The number of nitrogens with one attached hydrogen (secondary N) is 1. The molecule has 1 fully saturated rings. The molecular weight excluding hydrogens is 326 g/mol. The first-order chi connectivity index (χ1) is 10.8. The molecule has 1 aliphatic rings. The van der Waals surface area contributed by atoms with Crippen LogP contribution in [-0.4, -0.2) is 45.1 Å². The highest BCUT2D eigenvalue weighted by Crippen LogP contribution is 2.17. The Morgan fingerprint density at radius 1 is 1.30 bits per heavy atom. The standard InChI is InChI=1S/C15H22F2N2O3S/c1-11(10-13-14(16)4-3-5-15(13)17)18-23(20,21)19(2)12-6-8-22-9-7-12/h3-5,11-12,18H,6-10H2,1-2H3. The average Bonchev–Trinajstić information content (AvgIpc) is 2.51. The van der Waals surface area contributed by atoms with E-state index in [2.05, 4.69) is 4.72 Å². The summed E-state index contributed by atoms with van der Waals surface area (Å²) in [6, 6.07) is 2.84. The summed E-state index contributed by atoms with van der Waals surface area (Å²) < 4.78 is 61.1. The Hall–Kier alpha value is -1.09. The third-order valence-electron chi connectivity index (χ3n) is 4.01. The van der Waals surface area contributed by atoms with Crippen molar-refractivity contribution in [3.8, 4) is 0 Å². The molecule has 0 saturated carbocycles. The lowest BCUT2D eigenvalue weighted by atomic mass is 10.1. The maximum atomic E-state index is 13.7. The van der Waals surface area contributed by atoms with Gasteiger partial charge in [0, 0.05) is 37.9 Å². The van der Waals surface area contributed by atoms with Crippen molar-refractivity contribution < 1.29 is 21.9 Å². The van der Waals surface area contributed by atoms with Gasteiger partial charge in [0.15, 0.2) is 0 Å². The molecule has 2 rings (SSSR count). The van der Waals surface area contributed by atoms with E-state index in [4.69, 9.17) is 4.74 Å². The van der Waals surface area contributed by atoms with E-state index in [-0.39, 0.29) is 18.0 Å². The van der Waals surface area contributed by atoms with Gasteiger partial charge in [-0.05, 0) is 38.3 Å². The molecule has 23 heavy (non-hydrogen) atoms. The fraction of sp³-hybridized carbons (Fsp3) is 0.600. The summed E-state index contributed by atoms with van der Waals surface area (Å²) in [4.78, 5) is 0. The number of nitrogens with zero attached hydrogens (tertiary/aromatic N) is 1. The molecule has 1 heterocycles. The van der Waals surface area contributed by atoms with E-state index in [1.54, 1.807) is 6.92 Å². The monoisotopic (exact) mass is 348 g/mol. The molecule has 1 aromatic rings. The number of rotatable bonds is 6. The molecule has 0 radical (unpaired) electrons. The zero-order valence-corrected chi connectivity index (χ0v) is 14.1. The fourth-order valence-electron chi connectivity index (χ4n) is 2.66. The van der Waals surface area contributed by atoms with Gasteiger partial charge >= 0.3 is 0 Å². The van der Waals surface area contributed by atoms with Gasteiger partial charge in [0.05, 0.1) is 0 Å². The maximum Gasteiger partial charge on any atom is 0.279 e. The number of halogens is 2. The summed E-state index contributed by atoms with van der Waals surface area (Å²) in [7, 11) is -2.21. The van der Waals surface area contributed by atoms with Gasteiger partial charge in [0.1, 0.15) is 11.6 Å². The van der Waals surface area contributed by atoms with E-state index in [1.165, 1.54) is 17.4 Å². The largest absolute Gasteiger partial charge is 0.381 e. The number of hydrogen-bond donors (Lipinski definition) is 1. The molecule has 0 amide bonds. The Labute approximate surface area is 135 Å². The third kappa shape index (κ3) is 4.69. The second-order valence-corrected chi connectivity index (χ2v) is 7.55. The molecule has 1 N–H and O–H groups in total. The Morgan fingerprint density at radius 2 is 1.87 bits per heavy atom. The quantitative estimate of drug-likeness (QED) is 0.853. The minimum Gasteiger partial charge on any atom is -0.381 e. The van der Waals surface area contributed by atoms with Crippen LogP contribution in [0.1, 0.15) is 25.3 Å². The van der Waals surface area contributed by atoms with Crippen LogP contribution in [0.2, 0.25) is 0 Å². The summed E-state index contributed by atoms with van der Waals surface area (Å²) in [5, 5.41) is 0. The van der Waals surface area contributed by atoms with Gasteiger partial charge in [0.25, 0.3) is 10.2 Å². The Bertz CT molecular complexity index is 613. The van der Waals surface area contributed by atoms with Crippen molar-refractivity contribution in [1.82, 2.24) is 9.03 Å². The first-order valence-corrected chi connectivity index (χ1v) is 9.01. The lowest BCUT2D eigenvalue weighted by molar-refractivity contribution is 0.0629. The summed E-state index contributed by atoms with van der Waals surface area (Å²) in [6.07, 6.45) is 1.21. The highest BCUT2D eigenvalue weighted by molar-refractivity contribution is 7.87. The van der Waals surface area contributed by atoms with E-state index >= 15 is 0 Å². The number of hydrogen-bond acceptors (Lipinski definition) is 3. The zero-order valence-electron chi connectivity index (χ0n) is 13.3. The van der Waals surface area contributed by atoms with Crippen LogP contribution < -0.4 is 4.72 Å². The second-order valence-electron chi connectivity index (χ2n) is 5.79. The van der Waals surface area contributed by atoms with Gasteiger partial charge < -0.3 is 4.74 Å². The summed E-state index contributed by atoms with van der Waals surface area (Å²) in [5.41, 5.74) is -0.114. The van der Waals surface area contributed by atoms with Crippen LogP contribution in [0.4, 0.5) is 8.78 Å². The molecule has 130 valence electrons. The van der Waals surface area contributed by atoms with E-state index in [0.717, 1.165) is 12.1 Å². The molecule has 0 aliphatic carbocycles. The second kappa shape index (κ2) is 7.65. The summed E-state index contributed by atoms with van der Waals surface area (Å²) in [6.45, 7) is 2.64. The van der Waals surface area contributed by atoms with Crippen LogP contribution in [0, 0.1) is 11.6 Å². The minimum absolute atomic E-state index is 0.0562. The SMILES string of the molecule is CC(Cc1c(F)cccc1F)NS(=O)(=O)N(C)C1CCOCC1. The smallest absolute Gasteiger partial charge is 0.279 e. The first-order valence-electron chi connectivity index (χ1n) is 7.57. The van der Waals surface area contributed by atoms with Gasteiger partial charge in [0.2, 0.25) is 0 Å². The van der Waals surface area contributed by atoms with Crippen molar-refractivity contribution in [1.29, 1.82) is 0 Å². The molecular formula is C15H22F2N2O3S. The normalized spacial score (nSPS) is 18.3. The van der Waals surface area contributed by atoms with Gasteiger partial charge in [-0.25, -0.2) is 8.78 Å². The molecule has 8 heteroatoms. The lowest BCUT2D eigenvalue weighted by Crippen LogP contribution is -2.49. The van der Waals surface area contributed by atoms with E-state index in [0.29, 0.717) is 26.1 Å². The Balaban J connectivity index is 2.01. The molecule has 5 nitrogen and oxygen atoms in total. The van der Waals surface area contributed by atoms with Crippen molar-refractivity contribution in [2.45, 2.75) is 38.3 Å². The molecule has 1 saturated heterocycles. The van der Waals surface area contributed by atoms with Crippen LogP contribution in [0.5, 0.6) is 0 Å². The van der Waals surface area contributed by atoms with Crippen molar-refractivity contribution in [3.63, 3.8) is 0 Å². The number of ether oxygens (including phenoxy) is 1. The third-order valence-corrected chi connectivity index (χ3v) is 5.76. The predicted octanol–water partition coefficient (Wildman–Crippen LogP) is 1.84. The Morgan fingerprint density at radius 3 is 2.43 bits per heavy atom. The van der Waals surface area contributed by atoms with Crippen molar-refractivity contribution in [3.05, 3.63) is 35.4 Å². The zero-order chi connectivity index (χ0) is 17.0. The summed E-state index contributed by atoms with van der Waals surface area (Å²) >= 11 is 0. The van der Waals surface area contributed by atoms with Crippen molar-refractivity contribution in [2.75, 3.05) is 20.3 Å². The van der Waals surface area contributed by atoms with E-state index < -0.39 is 27.9 Å². The molecule has 1 unspecified atom stereocenters. The minimum atomic E-state index is -3.72. The molecule has 1 atom stereocenters. The van der Waals surface area contributed by atoms with Crippen LogP contribution in [0.15, 0.2) is 18.2 Å². The van der Waals surface area contributed by atoms with Gasteiger partial charge in [-0.2, -0.15) is 17.4 Å². The van der Waals surface area contributed by atoms with Crippen LogP contribution in [0.25, 0.3) is 0 Å². The molecule has 0 aromatic heterocycles. The molecule has 0 spiro atoms. The average molecular weight is 348 g/mol.